The van der Waals surface area contributed by atoms with E-state index < -0.39 is 10.0 Å². The summed E-state index contributed by atoms with van der Waals surface area (Å²) in [6.07, 6.45) is 0.568. The second-order valence-corrected chi connectivity index (χ2v) is 9.34. The smallest absolute Gasteiger partial charge is 0.251 e. The van der Waals surface area contributed by atoms with Gasteiger partial charge in [0.2, 0.25) is 10.0 Å². The van der Waals surface area contributed by atoms with Gasteiger partial charge in [-0.1, -0.05) is 25.1 Å². The van der Waals surface area contributed by atoms with Gasteiger partial charge in [-0.2, -0.15) is 4.31 Å². The number of nitrogens with zero attached hydrogens (tertiary/aromatic N) is 2. The van der Waals surface area contributed by atoms with E-state index in [0.29, 0.717) is 50.4 Å². The van der Waals surface area contributed by atoms with Crippen LogP contribution in [0.5, 0.6) is 0 Å². The number of rotatable bonds is 7. The van der Waals surface area contributed by atoms with Gasteiger partial charge < -0.3 is 15.0 Å². The first-order chi connectivity index (χ1) is 14.3. The minimum absolute atomic E-state index is 0.204. The highest BCUT2D eigenvalue weighted by Crippen LogP contribution is 2.23. The van der Waals surface area contributed by atoms with Crippen LogP contribution in [0.15, 0.2) is 47.4 Å². The maximum absolute atomic E-state index is 13.1. The molecule has 0 unspecified atom stereocenters. The lowest BCUT2D eigenvalue weighted by atomic mass is 10.1. The largest absolute Gasteiger partial charge is 0.379 e. The van der Waals surface area contributed by atoms with E-state index in [0.717, 1.165) is 11.3 Å². The molecular weight excluding hydrogens is 402 g/mol. The topological polar surface area (TPSA) is 79.0 Å². The first-order valence-electron chi connectivity index (χ1n) is 10.1. The van der Waals surface area contributed by atoms with Crippen molar-refractivity contribution in [2.24, 2.45) is 0 Å². The van der Waals surface area contributed by atoms with Gasteiger partial charge >= 0.3 is 0 Å². The van der Waals surface area contributed by atoms with Crippen LogP contribution in [0.2, 0.25) is 0 Å². The zero-order chi connectivity index (χ0) is 21.7. The van der Waals surface area contributed by atoms with Crippen molar-refractivity contribution in [3.05, 3.63) is 59.2 Å². The highest BCUT2D eigenvalue weighted by molar-refractivity contribution is 7.89. The molecule has 7 nitrogen and oxygen atoms in total. The summed E-state index contributed by atoms with van der Waals surface area (Å²) < 4.78 is 33.0. The van der Waals surface area contributed by atoms with Crippen molar-refractivity contribution in [1.29, 1.82) is 0 Å². The number of nitrogens with one attached hydrogen (secondary N) is 1. The van der Waals surface area contributed by atoms with Crippen molar-refractivity contribution in [2.75, 3.05) is 45.3 Å². The van der Waals surface area contributed by atoms with Crippen molar-refractivity contribution in [2.45, 2.75) is 24.8 Å². The molecule has 0 atom stereocenters. The molecule has 1 N–H and O–H groups in total. The monoisotopic (exact) mass is 431 g/mol. The Labute approximate surface area is 178 Å². The van der Waals surface area contributed by atoms with Gasteiger partial charge in [0.05, 0.1) is 18.1 Å². The Hall–Kier alpha value is -2.42. The molecular formula is C22H29N3O4S. The van der Waals surface area contributed by atoms with Crippen molar-refractivity contribution in [1.82, 2.24) is 9.62 Å². The molecule has 8 heteroatoms. The van der Waals surface area contributed by atoms with Gasteiger partial charge in [0.15, 0.2) is 0 Å². The molecule has 1 aliphatic heterocycles. The standard InChI is InChI=1S/C22H29N3O4S/c1-4-18-7-8-19(15-21(18)30(27,28)25-11-13-29-14-12-25)22(26)23-16-17-5-9-20(10-6-17)24(2)3/h5-10,15H,4,11-14,16H2,1-3H3,(H,23,26). The number of ether oxygens (including phenoxy) is 1. The number of morpholine rings is 1. The van der Waals surface area contributed by atoms with Crippen molar-refractivity contribution >= 4 is 21.6 Å². The van der Waals surface area contributed by atoms with Gasteiger partial charge in [0.1, 0.15) is 0 Å². The Kier molecular flexibility index (Phi) is 7.12. The predicted octanol–water partition coefficient (Wildman–Crippen LogP) is 2.27. The van der Waals surface area contributed by atoms with Crippen LogP contribution in [0.4, 0.5) is 5.69 Å². The molecule has 0 radical (unpaired) electrons. The van der Waals surface area contributed by atoms with E-state index in [1.165, 1.54) is 10.4 Å². The minimum Gasteiger partial charge on any atom is -0.379 e. The average Bonchev–Trinajstić information content (AvgIpc) is 2.77. The van der Waals surface area contributed by atoms with Crippen LogP contribution < -0.4 is 10.2 Å². The molecule has 1 saturated heterocycles. The molecule has 2 aromatic carbocycles. The van der Waals surface area contributed by atoms with Crippen molar-refractivity contribution < 1.29 is 17.9 Å². The molecule has 1 amide bonds. The molecule has 30 heavy (non-hydrogen) atoms. The minimum atomic E-state index is -3.67. The molecule has 1 heterocycles. The summed E-state index contributed by atoms with van der Waals surface area (Å²) in [6, 6.07) is 12.8. The maximum atomic E-state index is 13.1. The van der Waals surface area contributed by atoms with E-state index in [4.69, 9.17) is 4.74 Å². The highest BCUT2D eigenvalue weighted by atomic mass is 32.2. The Morgan fingerprint density at radius 2 is 1.77 bits per heavy atom. The summed E-state index contributed by atoms with van der Waals surface area (Å²) in [6.45, 7) is 3.69. The van der Waals surface area contributed by atoms with E-state index in [1.54, 1.807) is 12.1 Å². The number of benzene rings is 2. The van der Waals surface area contributed by atoms with E-state index in [9.17, 15) is 13.2 Å². The fourth-order valence-corrected chi connectivity index (χ4v) is 5.08. The summed E-state index contributed by atoms with van der Waals surface area (Å²) in [5, 5.41) is 2.88. The molecule has 0 aliphatic carbocycles. The molecule has 1 aliphatic rings. The van der Waals surface area contributed by atoms with Crippen LogP contribution in [0, 0.1) is 0 Å². The number of carbonyl (C=O) groups is 1. The van der Waals surface area contributed by atoms with E-state index >= 15 is 0 Å². The number of carbonyl (C=O) groups excluding carboxylic acids is 1. The maximum Gasteiger partial charge on any atom is 0.251 e. The van der Waals surface area contributed by atoms with Crippen molar-refractivity contribution in [3.8, 4) is 0 Å². The number of amides is 1. The van der Waals surface area contributed by atoms with Gasteiger partial charge in [0.25, 0.3) is 5.91 Å². The van der Waals surface area contributed by atoms with E-state index in [1.807, 2.05) is 50.2 Å². The van der Waals surface area contributed by atoms with Gasteiger partial charge in [-0.15, -0.1) is 0 Å². The summed E-state index contributed by atoms with van der Waals surface area (Å²) in [4.78, 5) is 14.9. The molecule has 0 bridgehead atoms. The van der Waals surface area contributed by atoms with Crippen LogP contribution in [-0.4, -0.2) is 59.0 Å². The number of aryl methyl sites for hydroxylation is 1. The summed E-state index contributed by atoms with van der Waals surface area (Å²) >= 11 is 0. The van der Waals surface area contributed by atoms with Crippen LogP contribution >= 0.6 is 0 Å². The van der Waals surface area contributed by atoms with E-state index in [-0.39, 0.29) is 10.8 Å². The molecule has 1 fully saturated rings. The first kappa shape index (κ1) is 22.3. The van der Waals surface area contributed by atoms with Crippen LogP contribution in [0.25, 0.3) is 0 Å². The fraction of sp³-hybridized carbons (Fsp3) is 0.409. The van der Waals surface area contributed by atoms with Gasteiger partial charge in [-0.05, 0) is 41.8 Å². The number of hydrogen-bond donors (Lipinski definition) is 1. The molecule has 162 valence electrons. The van der Waals surface area contributed by atoms with Crippen LogP contribution in [0.1, 0.15) is 28.4 Å². The Balaban J connectivity index is 1.77. The molecule has 0 spiro atoms. The quantitative estimate of drug-likeness (QED) is 0.728. The molecule has 3 rings (SSSR count). The third kappa shape index (κ3) is 5.00. The van der Waals surface area contributed by atoms with Gasteiger partial charge in [0, 0.05) is 45.0 Å². The van der Waals surface area contributed by atoms with E-state index in [2.05, 4.69) is 5.32 Å². The summed E-state index contributed by atoms with van der Waals surface area (Å²) in [5.74, 6) is -0.298. The van der Waals surface area contributed by atoms with Gasteiger partial charge in [-0.3, -0.25) is 4.79 Å². The summed E-state index contributed by atoms with van der Waals surface area (Å²) in [5.41, 5.74) is 3.10. The lowest BCUT2D eigenvalue weighted by molar-refractivity contribution is 0.0730. The Bertz CT molecular complexity index is 982. The van der Waals surface area contributed by atoms with Crippen molar-refractivity contribution in [3.63, 3.8) is 0 Å². The number of sulfonamides is 1. The zero-order valence-electron chi connectivity index (χ0n) is 17.7. The highest BCUT2D eigenvalue weighted by Gasteiger charge is 2.29. The number of hydrogen-bond acceptors (Lipinski definition) is 5. The Morgan fingerprint density at radius 1 is 1.10 bits per heavy atom. The average molecular weight is 432 g/mol. The first-order valence-corrected chi connectivity index (χ1v) is 11.5. The molecule has 0 saturated carbocycles. The second kappa shape index (κ2) is 9.59. The lowest BCUT2D eigenvalue weighted by Crippen LogP contribution is -2.41. The van der Waals surface area contributed by atoms with Crippen LogP contribution in [-0.2, 0) is 27.7 Å². The lowest BCUT2D eigenvalue weighted by Gasteiger charge is -2.27. The molecule has 0 aromatic heterocycles. The summed E-state index contributed by atoms with van der Waals surface area (Å²) in [7, 11) is 0.271. The Morgan fingerprint density at radius 3 is 2.37 bits per heavy atom. The normalized spacial score (nSPS) is 15.0. The number of anilines is 1. The second-order valence-electron chi connectivity index (χ2n) is 7.44. The fourth-order valence-electron chi connectivity index (χ4n) is 3.35. The third-order valence-electron chi connectivity index (χ3n) is 5.20. The van der Waals surface area contributed by atoms with Crippen LogP contribution in [0.3, 0.4) is 0 Å². The SMILES string of the molecule is CCc1ccc(C(=O)NCc2ccc(N(C)C)cc2)cc1S(=O)(=O)N1CCOCC1. The zero-order valence-corrected chi connectivity index (χ0v) is 18.5. The van der Waals surface area contributed by atoms with Gasteiger partial charge in [-0.25, -0.2) is 8.42 Å². The predicted molar refractivity (Wildman–Crippen MR) is 117 cm³/mol. The third-order valence-corrected chi connectivity index (χ3v) is 7.18. The molecule has 2 aromatic rings.